The van der Waals surface area contributed by atoms with E-state index in [-0.39, 0.29) is 43.3 Å². The molecule has 0 unspecified atom stereocenters. The number of aryl methyl sites for hydroxylation is 3. The lowest BCUT2D eigenvalue weighted by atomic mass is 9.83. The molecule has 9 nitrogen and oxygen atoms in total. The van der Waals surface area contributed by atoms with Gasteiger partial charge in [-0.25, -0.2) is 18.4 Å². The van der Waals surface area contributed by atoms with Crippen molar-refractivity contribution < 1.29 is 22.5 Å². The van der Waals surface area contributed by atoms with Crippen molar-refractivity contribution in [2.75, 3.05) is 25.4 Å². The molecule has 0 aliphatic carbocycles. The standard InChI is InChI=1S/C20H26N4O5S/c1-4-5-16-17(14(3)23-29-16)18(25)24-11-20(12-24)15(7-9-30(20,26)27)10-28-19-21-8-6-13(2)22-19/h6,8,15H,4-5,7,9-12H2,1-3H3/t15-/m1/s1. The first-order chi connectivity index (χ1) is 14.3. The van der Waals surface area contributed by atoms with Crippen LogP contribution in [-0.2, 0) is 16.3 Å². The van der Waals surface area contributed by atoms with E-state index in [9.17, 15) is 13.2 Å². The highest BCUT2D eigenvalue weighted by Gasteiger charge is 2.63. The van der Waals surface area contributed by atoms with Crippen molar-refractivity contribution in [1.82, 2.24) is 20.0 Å². The average molecular weight is 435 g/mol. The van der Waals surface area contributed by atoms with Gasteiger partial charge in [0.2, 0.25) is 0 Å². The molecule has 2 saturated heterocycles. The molecule has 30 heavy (non-hydrogen) atoms. The van der Waals surface area contributed by atoms with E-state index in [1.54, 1.807) is 24.1 Å². The highest BCUT2D eigenvalue weighted by atomic mass is 32.2. The summed E-state index contributed by atoms with van der Waals surface area (Å²) in [5, 5.41) is 3.93. The number of sulfone groups is 1. The Bertz CT molecular complexity index is 1060. The third kappa shape index (κ3) is 3.36. The zero-order chi connectivity index (χ0) is 21.5. The minimum atomic E-state index is -3.33. The highest BCUT2D eigenvalue weighted by Crippen LogP contribution is 2.45. The molecule has 1 spiro atoms. The number of amides is 1. The van der Waals surface area contributed by atoms with Gasteiger partial charge in [0.05, 0.1) is 18.1 Å². The van der Waals surface area contributed by atoms with Crippen molar-refractivity contribution in [3.05, 3.63) is 35.0 Å². The van der Waals surface area contributed by atoms with Crippen LogP contribution in [-0.4, -0.2) is 64.5 Å². The molecule has 2 aromatic rings. The summed E-state index contributed by atoms with van der Waals surface area (Å²) in [7, 11) is -3.33. The van der Waals surface area contributed by atoms with Crippen LogP contribution in [0.4, 0.5) is 0 Å². The Labute approximate surface area is 175 Å². The van der Waals surface area contributed by atoms with Gasteiger partial charge in [0, 0.05) is 37.3 Å². The molecule has 1 atom stereocenters. The zero-order valence-corrected chi connectivity index (χ0v) is 18.2. The summed E-state index contributed by atoms with van der Waals surface area (Å²) in [6.45, 7) is 6.10. The summed E-state index contributed by atoms with van der Waals surface area (Å²) >= 11 is 0. The molecule has 4 heterocycles. The Morgan fingerprint density at radius 3 is 2.83 bits per heavy atom. The normalized spacial score (nSPS) is 21.6. The largest absolute Gasteiger partial charge is 0.463 e. The van der Waals surface area contributed by atoms with E-state index in [2.05, 4.69) is 15.1 Å². The van der Waals surface area contributed by atoms with Crippen LogP contribution < -0.4 is 4.74 Å². The Morgan fingerprint density at radius 1 is 1.37 bits per heavy atom. The van der Waals surface area contributed by atoms with Crippen LogP contribution in [0.1, 0.15) is 47.3 Å². The van der Waals surface area contributed by atoms with Crippen LogP contribution in [0, 0.1) is 19.8 Å². The van der Waals surface area contributed by atoms with Gasteiger partial charge in [0.25, 0.3) is 5.91 Å². The maximum absolute atomic E-state index is 13.1. The van der Waals surface area contributed by atoms with E-state index in [4.69, 9.17) is 9.26 Å². The Morgan fingerprint density at radius 2 is 2.13 bits per heavy atom. The van der Waals surface area contributed by atoms with Crippen LogP contribution in [0.15, 0.2) is 16.8 Å². The smallest absolute Gasteiger partial charge is 0.316 e. The average Bonchev–Trinajstić information content (AvgIpc) is 3.15. The van der Waals surface area contributed by atoms with Gasteiger partial charge in [-0.05, 0) is 32.8 Å². The number of nitrogens with zero attached hydrogens (tertiary/aromatic N) is 4. The molecule has 162 valence electrons. The SMILES string of the molecule is CCCc1onc(C)c1C(=O)N1CC2(C1)[C@@H](COc1nccc(C)n1)CCS2(=O)=O. The summed E-state index contributed by atoms with van der Waals surface area (Å²) in [5.74, 6) is 0.234. The predicted molar refractivity (Wildman–Crippen MR) is 108 cm³/mol. The quantitative estimate of drug-likeness (QED) is 0.675. The maximum atomic E-state index is 13.1. The number of carbonyl (C=O) groups excluding carboxylic acids is 1. The Hall–Kier alpha value is -2.49. The zero-order valence-electron chi connectivity index (χ0n) is 17.4. The molecule has 0 bridgehead atoms. The van der Waals surface area contributed by atoms with Gasteiger partial charge in [-0.2, -0.15) is 0 Å². The fourth-order valence-electron chi connectivity index (χ4n) is 4.37. The summed E-state index contributed by atoms with van der Waals surface area (Å²) in [4.78, 5) is 22.9. The van der Waals surface area contributed by atoms with Gasteiger partial charge in [-0.3, -0.25) is 4.79 Å². The van der Waals surface area contributed by atoms with Crippen LogP contribution in [0.25, 0.3) is 0 Å². The Kier molecular flexibility index (Phi) is 5.29. The van der Waals surface area contributed by atoms with Crippen molar-refractivity contribution in [1.29, 1.82) is 0 Å². The third-order valence-electron chi connectivity index (χ3n) is 6.11. The summed E-state index contributed by atoms with van der Waals surface area (Å²) in [6, 6.07) is 2.01. The number of aromatic nitrogens is 3. The minimum Gasteiger partial charge on any atom is -0.463 e. The van der Waals surface area contributed by atoms with E-state index >= 15 is 0 Å². The van der Waals surface area contributed by atoms with Crippen LogP contribution in [0.3, 0.4) is 0 Å². The number of hydrogen-bond donors (Lipinski definition) is 0. The van der Waals surface area contributed by atoms with Crippen molar-refractivity contribution >= 4 is 15.7 Å². The minimum absolute atomic E-state index is 0.102. The fourth-order valence-corrected chi connectivity index (χ4v) is 6.77. The maximum Gasteiger partial charge on any atom is 0.316 e. The molecule has 2 aliphatic rings. The van der Waals surface area contributed by atoms with Crippen molar-refractivity contribution in [3.8, 4) is 6.01 Å². The van der Waals surface area contributed by atoms with Gasteiger partial charge < -0.3 is 14.2 Å². The first kappa shape index (κ1) is 20.8. The van der Waals surface area contributed by atoms with Gasteiger partial charge in [-0.1, -0.05) is 12.1 Å². The molecule has 2 aromatic heterocycles. The molecule has 1 amide bonds. The number of rotatable bonds is 6. The molecular weight excluding hydrogens is 408 g/mol. The van der Waals surface area contributed by atoms with Gasteiger partial charge in [0.15, 0.2) is 9.84 Å². The van der Waals surface area contributed by atoms with Gasteiger partial charge >= 0.3 is 6.01 Å². The van der Waals surface area contributed by atoms with E-state index in [0.29, 0.717) is 29.9 Å². The summed E-state index contributed by atoms with van der Waals surface area (Å²) in [6.07, 6.45) is 3.56. The number of carbonyl (C=O) groups is 1. The number of hydrogen-bond acceptors (Lipinski definition) is 8. The molecule has 2 fully saturated rings. The molecule has 0 saturated carbocycles. The topological polar surface area (TPSA) is 115 Å². The lowest BCUT2D eigenvalue weighted by molar-refractivity contribution is 0.0400. The number of ether oxygens (including phenoxy) is 1. The lowest BCUT2D eigenvalue weighted by Gasteiger charge is -2.49. The second-order valence-electron chi connectivity index (χ2n) is 8.14. The highest BCUT2D eigenvalue weighted by molar-refractivity contribution is 7.93. The Balaban J connectivity index is 1.49. The molecule has 0 aromatic carbocycles. The summed E-state index contributed by atoms with van der Waals surface area (Å²) in [5.41, 5.74) is 1.78. The lowest BCUT2D eigenvalue weighted by Crippen LogP contribution is -2.69. The predicted octanol–water partition coefficient (Wildman–Crippen LogP) is 1.74. The molecular formula is C20H26N4O5S. The molecule has 0 N–H and O–H groups in total. The second-order valence-corrected chi connectivity index (χ2v) is 10.6. The molecule has 0 radical (unpaired) electrons. The monoisotopic (exact) mass is 434 g/mol. The molecule has 10 heteroatoms. The summed E-state index contributed by atoms with van der Waals surface area (Å²) < 4.78 is 35.8. The van der Waals surface area contributed by atoms with Crippen LogP contribution in [0.2, 0.25) is 0 Å². The van der Waals surface area contributed by atoms with Crippen LogP contribution in [0.5, 0.6) is 6.01 Å². The van der Waals surface area contributed by atoms with E-state index in [0.717, 1.165) is 12.1 Å². The van der Waals surface area contributed by atoms with E-state index in [1.165, 1.54) is 0 Å². The van der Waals surface area contributed by atoms with Crippen molar-refractivity contribution in [2.24, 2.45) is 5.92 Å². The second kappa shape index (κ2) is 7.64. The first-order valence-corrected chi connectivity index (χ1v) is 11.8. The van der Waals surface area contributed by atoms with Gasteiger partial charge in [-0.15, -0.1) is 0 Å². The van der Waals surface area contributed by atoms with Crippen molar-refractivity contribution in [3.63, 3.8) is 0 Å². The third-order valence-corrected chi connectivity index (χ3v) is 8.72. The van der Waals surface area contributed by atoms with E-state index < -0.39 is 14.6 Å². The van der Waals surface area contributed by atoms with Crippen LogP contribution >= 0.6 is 0 Å². The first-order valence-electron chi connectivity index (χ1n) is 10.2. The van der Waals surface area contributed by atoms with E-state index in [1.807, 2.05) is 13.8 Å². The molecule has 2 aliphatic heterocycles. The fraction of sp³-hybridized carbons (Fsp3) is 0.600. The van der Waals surface area contributed by atoms with Crippen molar-refractivity contribution in [2.45, 2.75) is 44.8 Å². The number of likely N-dealkylation sites (tertiary alicyclic amines) is 1. The molecule has 4 rings (SSSR count). The van der Waals surface area contributed by atoms with Gasteiger partial charge in [0.1, 0.15) is 16.1 Å².